The summed E-state index contributed by atoms with van der Waals surface area (Å²) in [7, 11) is 0. The van der Waals surface area contributed by atoms with Gasteiger partial charge in [0, 0.05) is 44.5 Å². The monoisotopic (exact) mass is 693 g/mol. The lowest BCUT2D eigenvalue weighted by Crippen LogP contribution is -2.27. The number of aromatic carboxylic acids is 1. The summed E-state index contributed by atoms with van der Waals surface area (Å²) in [6.07, 6.45) is -2.66. The number of fused-ring (bicyclic) bond motifs is 2. The minimum absolute atomic E-state index is 0.0264. The lowest BCUT2D eigenvalue weighted by atomic mass is 9.90. The number of nitrogens with zero attached hydrogens (tertiary/aromatic N) is 5. The van der Waals surface area contributed by atoms with Crippen LogP contribution in [0.15, 0.2) is 59.0 Å². The van der Waals surface area contributed by atoms with E-state index >= 15 is 0 Å². The molecule has 0 fully saturated rings. The van der Waals surface area contributed by atoms with Crippen LogP contribution in [0.2, 0.25) is 5.02 Å². The summed E-state index contributed by atoms with van der Waals surface area (Å²) >= 11 is 7.50. The van der Waals surface area contributed by atoms with Gasteiger partial charge < -0.3 is 9.84 Å². The van der Waals surface area contributed by atoms with Gasteiger partial charge in [-0.15, -0.1) is 11.3 Å². The summed E-state index contributed by atoms with van der Waals surface area (Å²) in [5, 5.41) is 21.2. The molecule has 4 heterocycles. The van der Waals surface area contributed by atoms with Crippen LogP contribution in [0.5, 0.6) is 5.75 Å². The molecule has 0 aliphatic carbocycles. The maximum Gasteiger partial charge on any atom is 0.417 e. The van der Waals surface area contributed by atoms with Crippen molar-refractivity contribution in [2.45, 2.75) is 26.6 Å². The van der Waals surface area contributed by atoms with Crippen LogP contribution in [-0.4, -0.2) is 37.2 Å². The second kappa shape index (κ2) is 12.3. The molecule has 0 spiro atoms. The van der Waals surface area contributed by atoms with E-state index in [-0.39, 0.29) is 46.7 Å². The standard InChI is InChI=1S/C33H20ClF4N5O4S/c1-15-20(10-18(35)13-41-15)27-22(12-39)28-25(11-24(27)33(36,37)38)42-16(2)43(31(28)44)7-8-47-26-4-3-17(34)9-21(26)19-5-6-40-29-23(32(45)46)14-48-30(19)29/h3-6,9-11,13-14H,7-8H2,1-2H3,(H,45,46). The number of aromatic nitrogens is 4. The smallest absolute Gasteiger partial charge is 0.417 e. The molecule has 9 nitrogen and oxygen atoms in total. The number of pyridine rings is 2. The molecule has 0 radical (unpaired) electrons. The third-order valence-electron chi connectivity index (χ3n) is 7.67. The number of carboxylic acid groups (broad SMARTS) is 1. The Bertz CT molecular complexity index is 2400. The van der Waals surface area contributed by atoms with Crippen molar-refractivity contribution in [2.24, 2.45) is 0 Å². The minimum atomic E-state index is -4.97. The van der Waals surface area contributed by atoms with Crippen molar-refractivity contribution >= 4 is 50.0 Å². The summed E-state index contributed by atoms with van der Waals surface area (Å²) in [6.45, 7) is 2.57. The first-order valence-corrected chi connectivity index (χ1v) is 15.3. The zero-order chi connectivity index (χ0) is 34.5. The highest BCUT2D eigenvalue weighted by Gasteiger charge is 2.37. The van der Waals surface area contributed by atoms with Gasteiger partial charge in [-0.2, -0.15) is 18.4 Å². The van der Waals surface area contributed by atoms with E-state index in [0.717, 1.165) is 12.3 Å². The largest absolute Gasteiger partial charge is 0.491 e. The van der Waals surface area contributed by atoms with Crippen LogP contribution in [-0.2, 0) is 12.7 Å². The molecule has 2 aromatic carbocycles. The minimum Gasteiger partial charge on any atom is -0.491 e. The predicted octanol–water partition coefficient (Wildman–Crippen LogP) is 7.81. The molecule has 4 aromatic heterocycles. The van der Waals surface area contributed by atoms with Gasteiger partial charge in [-0.05, 0) is 50.2 Å². The molecule has 0 aliphatic rings. The Morgan fingerprint density at radius 1 is 1.12 bits per heavy atom. The fraction of sp³-hybridized carbons (Fsp3) is 0.152. The van der Waals surface area contributed by atoms with E-state index in [1.165, 1.54) is 41.3 Å². The molecule has 0 saturated heterocycles. The average molecular weight is 694 g/mol. The summed E-state index contributed by atoms with van der Waals surface area (Å²) in [5.41, 5.74) is -2.43. The fourth-order valence-electron chi connectivity index (χ4n) is 5.51. The van der Waals surface area contributed by atoms with Crippen LogP contribution in [0.4, 0.5) is 17.6 Å². The summed E-state index contributed by atoms with van der Waals surface area (Å²) in [6, 6.07) is 9.79. The molecule has 0 unspecified atom stereocenters. The van der Waals surface area contributed by atoms with Gasteiger partial charge in [0.25, 0.3) is 5.56 Å². The first-order chi connectivity index (χ1) is 22.8. The molecule has 0 atom stereocenters. The highest BCUT2D eigenvalue weighted by atomic mass is 35.5. The SMILES string of the molecule is Cc1ncc(F)cc1-c1c(C(F)(F)F)cc2nc(C)n(CCOc3ccc(Cl)cc3-c3ccnc4c(C(=O)O)csc34)c(=O)c2c1C#N. The zero-order valence-electron chi connectivity index (χ0n) is 24.8. The van der Waals surface area contributed by atoms with Gasteiger partial charge in [0.1, 0.15) is 30.1 Å². The zero-order valence-corrected chi connectivity index (χ0v) is 26.4. The fourth-order valence-corrected chi connectivity index (χ4v) is 6.71. The van der Waals surface area contributed by atoms with E-state index in [0.29, 0.717) is 38.2 Å². The third kappa shape index (κ3) is 5.71. The molecule has 0 bridgehead atoms. The second-order valence-electron chi connectivity index (χ2n) is 10.6. The van der Waals surface area contributed by atoms with Gasteiger partial charge in [-0.25, -0.2) is 14.2 Å². The molecular weight excluding hydrogens is 674 g/mol. The number of hydrogen-bond donors (Lipinski definition) is 1. The van der Waals surface area contributed by atoms with E-state index in [1.54, 1.807) is 30.3 Å². The second-order valence-corrected chi connectivity index (χ2v) is 11.9. The number of alkyl halides is 3. The Hall–Kier alpha value is -5.39. The van der Waals surface area contributed by atoms with Crippen LogP contribution in [0.3, 0.4) is 0 Å². The Labute approximate surface area is 277 Å². The molecule has 48 heavy (non-hydrogen) atoms. The van der Waals surface area contributed by atoms with Gasteiger partial charge in [-0.1, -0.05) is 11.6 Å². The van der Waals surface area contributed by atoms with Crippen LogP contribution in [0, 0.1) is 31.0 Å². The van der Waals surface area contributed by atoms with E-state index in [4.69, 9.17) is 16.3 Å². The van der Waals surface area contributed by atoms with Crippen molar-refractivity contribution in [1.82, 2.24) is 19.5 Å². The Morgan fingerprint density at radius 3 is 2.60 bits per heavy atom. The number of carbonyl (C=O) groups is 1. The first-order valence-electron chi connectivity index (χ1n) is 14.0. The van der Waals surface area contributed by atoms with E-state index in [2.05, 4.69) is 15.0 Å². The first kappa shape index (κ1) is 32.5. The number of hydrogen-bond acceptors (Lipinski definition) is 8. The molecule has 6 rings (SSSR count). The molecule has 0 saturated carbocycles. The summed E-state index contributed by atoms with van der Waals surface area (Å²) in [4.78, 5) is 37.8. The van der Waals surface area contributed by atoms with Crippen LogP contribution in [0.25, 0.3) is 43.4 Å². The number of aryl methyl sites for hydroxylation is 2. The number of carboxylic acids is 1. The maximum absolute atomic E-state index is 14.3. The topological polar surface area (TPSA) is 131 Å². The van der Waals surface area contributed by atoms with Gasteiger partial charge in [-0.3, -0.25) is 19.3 Å². The molecule has 6 aromatic rings. The van der Waals surface area contributed by atoms with E-state index in [1.807, 2.05) is 0 Å². The quantitative estimate of drug-likeness (QED) is 0.168. The third-order valence-corrected chi connectivity index (χ3v) is 8.91. The summed E-state index contributed by atoms with van der Waals surface area (Å²) < 4.78 is 65.0. The van der Waals surface area contributed by atoms with Gasteiger partial charge >= 0.3 is 12.1 Å². The number of thiophene rings is 1. The number of ether oxygens (including phenoxy) is 1. The number of nitriles is 1. The maximum atomic E-state index is 14.3. The lowest BCUT2D eigenvalue weighted by molar-refractivity contribution is -0.137. The molecule has 15 heteroatoms. The van der Waals surface area contributed by atoms with Gasteiger partial charge in [0.15, 0.2) is 0 Å². The predicted molar refractivity (Wildman–Crippen MR) is 171 cm³/mol. The molecule has 242 valence electrons. The van der Waals surface area contributed by atoms with E-state index in [9.17, 15) is 37.5 Å². The van der Waals surface area contributed by atoms with Gasteiger partial charge in [0.05, 0.1) is 50.6 Å². The van der Waals surface area contributed by atoms with Crippen molar-refractivity contribution in [3.05, 3.63) is 104 Å². The molecule has 0 aliphatic heterocycles. The van der Waals surface area contributed by atoms with Crippen molar-refractivity contribution in [3.8, 4) is 34.1 Å². The van der Waals surface area contributed by atoms with Crippen molar-refractivity contribution in [3.63, 3.8) is 0 Å². The normalized spacial score (nSPS) is 11.6. The van der Waals surface area contributed by atoms with Crippen molar-refractivity contribution in [2.75, 3.05) is 6.61 Å². The number of benzene rings is 2. The van der Waals surface area contributed by atoms with E-state index < -0.39 is 40.2 Å². The van der Waals surface area contributed by atoms with Gasteiger partial charge in [0.2, 0.25) is 0 Å². The highest BCUT2D eigenvalue weighted by Crippen LogP contribution is 2.43. The van der Waals surface area contributed by atoms with Crippen molar-refractivity contribution < 1.29 is 32.2 Å². The van der Waals surface area contributed by atoms with Crippen LogP contribution < -0.4 is 10.3 Å². The summed E-state index contributed by atoms with van der Waals surface area (Å²) in [5.74, 6) is -1.63. The van der Waals surface area contributed by atoms with Crippen molar-refractivity contribution in [1.29, 1.82) is 5.26 Å². The Morgan fingerprint density at radius 2 is 1.90 bits per heavy atom. The number of halogens is 5. The average Bonchev–Trinajstić information content (AvgIpc) is 3.48. The Kier molecular flexibility index (Phi) is 8.36. The lowest BCUT2D eigenvalue weighted by Gasteiger charge is -2.19. The van der Waals surface area contributed by atoms with Crippen LogP contribution >= 0.6 is 22.9 Å². The van der Waals surface area contributed by atoms with Crippen LogP contribution in [0.1, 0.15) is 33.0 Å². The Balaban J connectivity index is 1.42. The molecule has 1 N–H and O–H groups in total. The number of rotatable bonds is 7. The molecule has 0 amide bonds. The molecular formula is C33H20ClF4N5O4S. The highest BCUT2D eigenvalue weighted by molar-refractivity contribution is 7.18.